The second kappa shape index (κ2) is 6.67. The van der Waals surface area contributed by atoms with Gasteiger partial charge in [0.15, 0.2) is 0 Å². The number of methoxy groups -OCH3 is 1. The molecule has 0 unspecified atom stereocenters. The highest BCUT2D eigenvalue weighted by molar-refractivity contribution is 5.90. The van der Waals surface area contributed by atoms with E-state index in [0.717, 1.165) is 0 Å². The van der Waals surface area contributed by atoms with E-state index in [0.29, 0.717) is 12.1 Å². The smallest absolute Gasteiger partial charge is 0.341 e. The normalized spacial score (nSPS) is 10.1. The number of nitrogens with two attached hydrogens (primary N) is 1. The van der Waals surface area contributed by atoms with E-state index in [-0.39, 0.29) is 25.1 Å². The lowest BCUT2D eigenvalue weighted by atomic mass is 10.2. The molecule has 1 aromatic rings. The summed E-state index contributed by atoms with van der Waals surface area (Å²) >= 11 is 0. The minimum atomic E-state index is -1.01. The molecule has 1 aromatic carbocycles. The summed E-state index contributed by atoms with van der Waals surface area (Å²) in [5, 5.41) is 0. The van der Waals surface area contributed by atoms with Crippen molar-refractivity contribution < 1.29 is 27.8 Å². The lowest BCUT2D eigenvalue weighted by molar-refractivity contribution is -0.140. The number of esters is 2. The van der Waals surface area contributed by atoms with Crippen molar-refractivity contribution in [3.05, 3.63) is 29.3 Å². The number of benzene rings is 1. The molecular weight excluding hydrogens is 260 g/mol. The number of carbonyl (C=O) groups excluding carboxylic acids is 2. The van der Waals surface area contributed by atoms with Gasteiger partial charge in [0.25, 0.3) is 0 Å². The van der Waals surface area contributed by atoms with E-state index in [2.05, 4.69) is 4.74 Å². The van der Waals surface area contributed by atoms with Crippen molar-refractivity contribution in [3.8, 4) is 0 Å². The summed E-state index contributed by atoms with van der Waals surface area (Å²) in [7, 11) is 1.24. The van der Waals surface area contributed by atoms with Gasteiger partial charge in [0.05, 0.1) is 25.0 Å². The van der Waals surface area contributed by atoms with Gasteiger partial charge < -0.3 is 15.2 Å². The Hall–Kier alpha value is -2.18. The molecule has 0 aliphatic carbocycles. The summed E-state index contributed by atoms with van der Waals surface area (Å²) in [4.78, 5) is 22.2. The topological polar surface area (TPSA) is 78.6 Å². The summed E-state index contributed by atoms with van der Waals surface area (Å²) < 4.78 is 35.5. The number of ether oxygens (including phenoxy) is 2. The fourth-order valence-electron chi connectivity index (χ4n) is 1.28. The molecule has 0 fully saturated rings. The van der Waals surface area contributed by atoms with Crippen LogP contribution in [0, 0.1) is 11.6 Å². The molecule has 0 spiro atoms. The first-order chi connectivity index (χ1) is 8.95. The van der Waals surface area contributed by atoms with Crippen LogP contribution in [0.15, 0.2) is 12.1 Å². The molecule has 0 aliphatic rings. The summed E-state index contributed by atoms with van der Waals surface area (Å²) in [5.41, 5.74) is 4.22. The molecule has 0 atom stereocenters. The van der Waals surface area contributed by atoms with Crippen LogP contribution in [-0.2, 0) is 14.3 Å². The van der Waals surface area contributed by atoms with Crippen molar-refractivity contribution in [1.82, 2.24) is 0 Å². The second-order valence-electron chi connectivity index (χ2n) is 3.67. The molecule has 0 aromatic heterocycles. The molecule has 2 N–H and O–H groups in total. The zero-order valence-electron chi connectivity index (χ0n) is 10.2. The van der Waals surface area contributed by atoms with E-state index >= 15 is 0 Å². The summed E-state index contributed by atoms with van der Waals surface area (Å²) in [6.45, 7) is -0.0978. The van der Waals surface area contributed by atoms with E-state index in [1.54, 1.807) is 0 Å². The van der Waals surface area contributed by atoms with E-state index < -0.39 is 29.1 Å². The standard InChI is InChI=1S/C12H13F2NO4/c1-18-11(16)3-2-4-19-12(17)7-5-9(14)10(15)6-8(7)13/h5-6H,2-4,15H2,1H3. The fourth-order valence-corrected chi connectivity index (χ4v) is 1.28. The Morgan fingerprint density at radius 2 is 1.95 bits per heavy atom. The number of hydrogen-bond acceptors (Lipinski definition) is 5. The molecule has 5 nitrogen and oxygen atoms in total. The number of carbonyl (C=O) groups is 2. The van der Waals surface area contributed by atoms with Gasteiger partial charge in [-0.2, -0.15) is 0 Å². The zero-order chi connectivity index (χ0) is 14.4. The van der Waals surface area contributed by atoms with Crippen molar-refractivity contribution in [2.45, 2.75) is 12.8 Å². The van der Waals surface area contributed by atoms with Crippen molar-refractivity contribution >= 4 is 17.6 Å². The van der Waals surface area contributed by atoms with Crippen LogP contribution in [0.25, 0.3) is 0 Å². The highest BCUT2D eigenvalue weighted by atomic mass is 19.1. The molecule has 19 heavy (non-hydrogen) atoms. The summed E-state index contributed by atoms with van der Waals surface area (Å²) in [6, 6.07) is 1.38. The Morgan fingerprint density at radius 1 is 1.26 bits per heavy atom. The molecular formula is C12H13F2NO4. The number of rotatable bonds is 5. The number of hydrogen-bond donors (Lipinski definition) is 1. The van der Waals surface area contributed by atoms with Gasteiger partial charge in [-0.25, -0.2) is 13.6 Å². The van der Waals surface area contributed by atoms with Crippen LogP contribution in [0.4, 0.5) is 14.5 Å². The maximum absolute atomic E-state index is 13.4. The highest BCUT2D eigenvalue weighted by Gasteiger charge is 2.16. The van der Waals surface area contributed by atoms with Crippen molar-refractivity contribution in [1.29, 1.82) is 0 Å². The quantitative estimate of drug-likeness (QED) is 0.501. The lowest BCUT2D eigenvalue weighted by Gasteiger charge is -2.06. The first-order valence-electron chi connectivity index (χ1n) is 5.44. The SMILES string of the molecule is COC(=O)CCCOC(=O)c1cc(F)c(N)cc1F. The summed E-state index contributed by atoms with van der Waals surface area (Å²) in [6.07, 6.45) is 0.305. The molecule has 0 heterocycles. The maximum Gasteiger partial charge on any atom is 0.341 e. The molecule has 0 aliphatic heterocycles. The van der Waals surface area contributed by atoms with Gasteiger partial charge in [-0.15, -0.1) is 0 Å². The predicted octanol–water partition coefficient (Wildman–Crippen LogP) is 1.66. The Balaban J connectivity index is 2.55. The largest absolute Gasteiger partial charge is 0.469 e. The van der Waals surface area contributed by atoms with Gasteiger partial charge in [0, 0.05) is 12.5 Å². The van der Waals surface area contributed by atoms with Gasteiger partial charge >= 0.3 is 11.9 Å². The minimum Gasteiger partial charge on any atom is -0.469 e. The third kappa shape index (κ3) is 4.20. The van der Waals surface area contributed by atoms with E-state index in [1.807, 2.05) is 0 Å². The van der Waals surface area contributed by atoms with Crippen LogP contribution in [0.2, 0.25) is 0 Å². The van der Waals surface area contributed by atoms with Crippen molar-refractivity contribution in [2.24, 2.45) is 0 Å². The second-order valence-corrected chi connectivity index (χ2v) is 3.67. The Kier molecular flexibility index (Phi) is 5.23. The summed E-state index contributed by atoms with van der Waals surface area (Å²) in [5.74, 6) is -3.32. The van der Waals surface area contributed by atoms with E-state index in [1.165, 1.54) is 7.11 Å². The molecule has 0 amide bonds. The Morgan fingerprint density at radius 3 is 2.58 bits per heavy atom. The fraction of sp³-hybridized carbons (Fsp3) is 0.333. The van der Waals surface area contributed by atoms with Gasteiger partial charge in [0.1, 0.15) is 11.6 Å². The van der Waals surface area contributed by atoms with Crippen LogP contribution in [-0.4, -0.2) is 25.7 Å². The Labute approximate surface area is 108 Å². The first kappa shape index (κ1) is 14.9. The maximum atomic E-state index is 13.4. The molecule has 104 valence electrons. The van der Waals surface area contributed by atoms with E-state index in [9.17, 15) is 18.4 Å². The number of anilines is 1. The average Bonchev–Trinajstić information content (AvgIpc) is 2.38. The van der Waals surface area contributed by atoms with Crippen LogP contribution in [0.1, 0.15) is 23.2 Å². The highest BCUT2D eigenvalue weighted by Crippen LogP contribution is 2.17. The number of halogens is 2. The molecule has 7 heteroatoms. The minimum absolute atomic E-state index is 0.0718. The molecule has 0 radical (unpaired) electrons. The third-order valence-corrected chi connectivity index (χ3v) is 2.29. The van der Waals surface area contributed by atoms with Crippen molar-refractivity contribution in [3.63, 3.8) is 0 Å². The van der Waals surface area contributed by atoms with Crippen molar-refractivity contribution in [2.75, 3.05) is 19.5 Å². The van der Waals surface area contributed by atoms with Gasteiger partial charge in [0.2, 0.25) is 0 Å². The monoisotopic (exact) mass is 273 g/mol. The first-order valence-corrected chi connectivity index (χ1v) is 5.44. The number of nitrogen functional groups attached to an aromatic ring is 1. The molecule has 0 saturated carbocycles. The van der Waals surface area contributed by atoms with Crippen LogP contribution in [0.5, 0.6) is 0 Å². The van der Waals surface area contributed by atoms with Crippen LogP contribution < -0.4 is 5.73 Å². The van der Waals surface area contributed by atoms with Crippen LogP contribution in [0.3, 0.4) is 0 Å². The van der Waals surface area contributed by atoms with Gasteiger partial charge in [-0.05, 0) is 12.5 Å². The zero-order valence-corrected chi connectivity index (χ0v) is 10.2. The van der Waals surface area contributed by atoms with Gasteiger partial charge in [-0.1, -0.05) is 0 Å². The van der Waals surface area contributed by atoms with E-state index in [4.69, 9.17) is 10.5 Å². The average molecular weight is 273 g/mol. The van der Waals surface area contributed by atoms with Crippen LogP contribution >= 0.6 is 0 Å². The van der Waals surface area contributed by atoms with Gasteiger partial charge in [-0.3, -0.25) is 4.79 Å². The third-order valence-electron chi connectivity index (χ3n) is 2.29. The Bertz CT molecular complexity index is 491. The predicted molar refractivity (Wildman–Crippen MR) is 62.3 cm³/mol. The molecule has 1 rings (SSSR count). The molecule has 0 saturated heterocycles. The lowest BCUT2D eigenvalue weighted by Crippen LogP contribution is -2.11. The molecule has 0 bridgehead atoms.